The summed E-state index contributed by atoms with van der Waals surface area (Å²) in [7, 11) is 0. The van der Waals surface area contributed by atoms with Gasteiger partial charge >= 0.3 is 0 Å². The SMILES string of the molecule is O=[N+]([O-])c1ccc(N2CCCC2c2ccc3c(c2)OCCO3)c2ncccc12. The summed E-state index contributed by atoms with van der Waals surface area (Å²) in [5.74, 6) is 1.56. The molecule has 1 atom stereocenters. The van der Waals surface area contributed by atoms with Gasteiger partial charge in [-0.15, -0.1) is 0 Å². The molecule has 0 N–H and O–H groups in total. The Kier molecular flexibility index (Phi) is 4.00. The van der Waals surface area contributed by atoms with E-state index in [4.69, 9.17) is 9.47 Å². The number of benzene rings is 2. The highest BCUT2D eigenvalue weighted by Gasteiger charge is 2.30. The van der Waals surface area contributed by atoms with Crippen molar-refractivity contribution in [3.05, 3.63) is 64.3 Å². The van der Waals surface area contributed by atoms with E-state index in [0.29, 0.717) is 24.1 Å². The molecule has 2 aromatic carbocycles. The van der Waals surface area contributed by atoms with Gasteiger partial charge in [0.25, 0.3) is 5.69 Å². The zero-order valence-electron chi connectivity index (χ0n) is 15.2. The summed E-state index contributed by atoms with van der Waals surface area (Å²) in [6.07, 6.45) is 3.74. The molecule has 5 rings (SSSR count). The first-order valence-electron chi connectivity index (χ1n) is 9.41. The predicted molar refractivity (Wildman–Crippen MR) is 105 cm³/mol. The maximum absolute atomic E-state index is 11.4. The lowest BCUT2D eigenvalue weighted by Crippen LogP contribution is -2.23. The van der Waals surface area contributed by atoms with E-state index in [-0.39, 0.29) is 16.7 Å². The third kappa shape index (κ3) is 2.70. The van der Waals surface area contributed by atoms with Crippen molar-refractivity contribution in [2.45, 2.75) is 18.9 Å². The number of anilines is 1. The molecular weight excluding hydrogens is 358 g/mol. The Bertz CT molecular complexity index is 1070. The second-order valence-electron chi connectivity index (χ2n) is 7.02. The van der Waals surface area contributed by atoms with Gasteiger partial charge < -0.3 is 14.4 Å². The Labute approximate surface area is 161 Å². The Balaban J connectivity index is 1.58. The fourth-order valence-corrected chi connectivity index (χ4v) is 4.20. The molecule has 28 heavy (non-hydrogen) atoms. The summed E-state index contributed by atoms with van der Waals surface area (Å²) in [5.41, 5.74) is 2.84. The molecule has 1 aromatic heterocycles. The quantitative estimate of drug-likeness (QED) is 0.501. The standard InChI is InChI=1S/C21H19N3O4/c25-24(26)17-6-7-18(21-15(17)3-1-9-22-21)23-10-2-4-16(23)14-5-8-19-20(13-14)28-12-11-27-19/h1,3,5-9,13,16H,2,4,10-12H2. The summed E-state index contributed by atoms with van der Waals surface area (Å²) in [5, 5.41) is 12.0. The Morgan fingerprint density at radius 1 is 1.11 bits per heavy atom. The zero-order chi connectivity index (χ0) is 19.1. The van der Waals surface area contributed by atoms with Gasteiger partial charge in [0.05, 0.1) is 22.0 Å². The number of aromatic nitrogens is 1. The van der Waals surface area contributed by atoms with Gasteiger partial charge in [-0.3, -0.25) is 15.1 Å². The monoisotopic (exact) mass is 377 g/mol. The van der Waals surface area contributed by atoms with Crippen LogP contribution in [0.4, 0.5) is 11.4 Å². The van der Waals surface area contributed by atoms with Crippen LogP contribution in [-0.4, -0.2) is 29.7 Å². The number of nitrogens with zero attached hydrogens (tertiary/aromatic N) is 3. The molecule has 0 saturated carbocycles. The van der Waals surface area contributed by atoms with E-state index in [1.165, 1.54) is 0 Å². The maximum atomic E-state index is 11.4. The Morgan fingerprint density at radius 3 is 2.82 bits per heavy atom. The topological polar surface area (TPSA) is 77.7 Å². The molecule has 0 spiro atoms. The van der Waals surface area contributed by atoms with E-state index < -0.39 is 0 Å². The van der Waals surface area contributed by atoms with Gasteiger partial charge in [-0.05, 0) is 48.7 Å². The lowest BCUT2D eigenvalue weighted by molar-refractivity contribution is -0.383. The Morgan fingerprint density at radius 2 is 1.96 bits per heavy atom. The highest BCUT2D eigenvalue weighted by atomic mass is 16.6. The molecule has 0 amide bonds. The van der Waals surface area contributed by atoms with Crippen molar-refractivity contribution in [2.24, 2.45) is 0 Å². The number of hydrogen-bond acceptors (Lipinski definition) is 6. The number of hydrogen-bond donors (Lipinski definition) is 0. The smallest absolute Gasteiger partial charge is 0.278 e. The van der Waals surface area contributed by atoms with E-state index in [2.05, 4.69) is 22.0 Å². The van der Waals surface area contributed by atoms with Gasteiger partial charge in [-0.2, -0.15) is 0 Å². The average Bonchev–Trinajstić information content (AvgIpc) is 3.22. The van der Waals surface area contributed by atoms with Crippen LogP contribution in [0.2, 0.25) is 0 Å². The fourth-order valence-electron chi connectivity index (χ4n) is 4.20. The van der Waals surface area contributed by atoms with Crippen LogP contribution < -0.4 is 14.4 Å². The first-order chi connectivity index (χ1) is 13.7. The summed E-state index contributed by atoms with van der Waals surface area (Å²) < 4.78 is 11.4. The number of ether oxygens (including phenoxy) is 2. The van der Waals surface area contributed by atoms with E-state index in [1.807, 2.05) is 12.1 Å². The molecule has 1 fully saturated rings. The van der Waals surface area contributed by atoms with Crippen molar-refractivity contribution in [3.63, 3.8) is 0 Å². The summed E-state index contributed by atoms with van der Waals surface area (Å²) in [6, 6.07) is 13.2. The first-order valence-corrected chi connectivity index (χ1v) is 9.41. The molecule has 3 aromatic rings. The summed E-state index contributed by atoms with van der Waals surface area (Å²) in [4.78, 5) is 17.8. The van der Waals surface area contributed by atoms with Crippen LogP contribution in [0.15, 0.2) is 48.7 Å². The molecule has 3 heterocycles. The van der Waals surface area contributed by atoms with Gasteiger partial charge in [0.2, 0.25) is 0 Å². The van der Waals surface area contributed by atoms with Gasteiger partial charge in [0.15, 0.2) is 11.5 Å². The van der Waals surface area contributed by atoms with Gasteiger partial charge in [-0.1, -0.05) is 6.07 Å². The number of nitro benzene ring substituents is 1. The minimum atomic E-state index is -0.351. The lowest BCUT2D eigenvalue weighted by atomic mass is 10.0. The number of pyridine rings is 1. The molecule has 2 aliphatic heterocycles. The van der Waals surface area contributed by atoms with E-state index in [9.17, 15) is 10.1 Å². The molecule has 7 nitrogen and oxygen atoms in total. The van der Waals surface area contributed by atoms with Crippen LogP contribution in [0.1, 0.15) is 24.4 Å². The second-order valence-corrected chi connectivity index (χ2v) is 7.02. The van der Waals surface area contributed by atoms with Crippen LogP contribution >= 0.6 is 0 Å². The Hall–Kier alpha value is -3.35. The third-order valence-corrected chi connectivity index (χ3v) is 5.44. The summed E-state index contributed by atoms with van der Waals surface area (Å²) in [6.45, 7) is 2.01. The number of nitro groups is 1. The maximum Gasteiger partial charge on any atom is 0.278 e. The van der Waals surface area contributed by atoms with Crippen molar-refractivity contribution in [2.75, 3.05) is 24.7 Å². The predicted octanol–water partition coefficient (Wildman–Crippen LogP) is 4.26. The van der Waals surface area contributed by atoms with Crippen LogP contribution in [0.5, 0.6) is 11.5 Å². The van der Waals surface area contributed by atoms with E-state index >= 15 is 0 Å². The zero-order valence-corrected chi connectivity index (χ0v) is 15.2. The van der Waals surface area contributed by atoms with Crippen LogP contribution in [0.3, 0.4) is 0 Å². The minimum Gasteiger partial charge on any atom is -0.486 e. The largest absolute Gasteiger partial charge is 0.486 e. The van der Waals surface area contributed by atoms with Crippen LogP contribution in [0.25, 0.3) is 10.9 Å². The number of fused-ring (bicyclic) bond motifs is 2. The first kappa shape index (κ1) is 16.8. The lowest BCUT2D eigenvalue weighted by Gasteiger charge is -2.29. The molecular formula is C21H19N3O4. The normalized spacial score (nSPS) is 18.4. The average molecular weight is 377 g/mol. The van der Waals surface area contributed by atoms with E-state index in [0.717, 1.165) is 42.1 Å². The van der Waals surface area contributed by atoms with Gasteiger partial charge in [0, 0.05) is 18.8 Å². The second kappa shape index (κ2) is 6.67. The number of rotatable bonds is 3. The van der Waals surface area contributed by atoms with Crippen molar-refractivity contribution in [1.82, 2.24) is 4.98 Å². The highest BCUT2D eigenvalue weighted by Crippen LogP contribution is 2.42. The molecule has 0 bridgehead atoms. The van der Waals surface area contributed by atoms with Crippen LogP contribution in [0, 0.1) is 10.1 Å². The fraction of sp³-hybridized carbons (Fsp3) is 0.286. The molecule has 142 valence electrons. The van der Waals surface area contributed by atoms with Crippen molar-refractivity contribution < 1.29 is 14.4 Å². The van der Waals surface area contributed by atoms with Crippen molar-refractivity contribution in [1.29, 1.82) is 0 Å². The molecule has 7 heteroatoms. The number of non-ortho nitro benzene ring substituents is 1. The van der Waals surface area contributed by atoms with Crippen LogP contribution in [-0.2, 0) is 0 Å². The molecule has 0 radical (unpaired) electrons. The molecule has 1 unspecified atom stereocenters. The van der Waals surface area contributed by atoms with E-state index in [1.54, 1.807) is 24.4 Å². The third-order valence-electron chi connectivity index (χ3n) is 5.44. The molecule has 1 saturated heterocycles. The summed E-state index contributed by atoms with van der Waals surface area (Å²) >= 11 is 0. The molecule has 0 aliphatic carbocycles. The van der Waals surface area contributed by atoms with Gasteiger partial charge in [0.1, 0.15) is 18.7 Å². The van der Waals surface area contributed by atoms with Crippen molar-refractivity contribution >= 4 is 22.3 Å². The van der Waals surface area contributed by atoms with Gasteiger partial charge in [-0.25, -0.2) is 0 Å². The minimum absolute atomic E-state index is 0.0851. The molecule has 2 aliphatic rings. The highest BCUT2D eigenvalue weighted by molar-refractivity contribution is 5.97. The van der Waals surface area contributed by atoms with Crippen molar-refractivity contribution in [3.8, 4) is 11.5 Å².